The maximum absolute atomic E-state index is 8.91. The fraction of sp³-hybridized carbons (Fsp3) is 0.200. The number of anilines is 1. The molecule has 94 valence electrons. The summed E-state index contributed by atoms with van der Waals surface area (Å²) < 4.78 is 5.67. The molecule has 1 aliphatic heterocycles. The second-order valence-electron chi connectivity index (χ2n) is 4.47. The highest BCUT2D eigenvalue weighted by atomic mass is 16.5. The third-order valence-electron chi connectivity index (χ3n) is 2.94. The highest BCUT2D eigenvalue weighted by Crippen LogP contribution is 2.36. The summed E-state index contributed by atoms with van der Waals surface area (Å²) in [7, 11) is 3.89. The van der Waals surface area contributed by atoms with Crippen molar-refractivity contribution in [3.63, 3.8) is 0 Å². The van der Waals surface area contributed by atoms with Gasteiger partial charge in [-0.05, 0) is 30.7 Å². The van der Waals surface area contributed by atoms with Gasteiger partial charge in [0.15, 0.2) is 11.3 Å². The molecule has 0 fully saturated rings. The van der Waals surface area contributed by atoms with Crippen LogP contribution in [0.5, 0.6) is 5.75 Å². The van der Waals surface area contributed by atoms with E-state index in [1.165, 1.54) is 0 Å². The molecule has 1 aliphatic rings. The number of fused-ring (bicyclic) bond motifs is 1. The van der Waals surface area contributed by atoms with Crippen molar-refractivity contribution >= 4 is 11.3 Å². The number of ether oxygens (including phenoxy) is 1. The largest absolute Gasteiger partial charge is 0.454 e. The van der Waals surface area contributed by atoms with Crippen molar-refractivity contribution in [3.05, 3.63) is 41.2 Å². The lowest BCUT2D eigenvalue weighted by atomic mass is 10.0. The van der Waals surface area contributed by atoms with Crippen molar-refractivity contribution in [2.75, 3.05) is 19.0 Å². The standard InChI is InChI=1S/C15H13N3O/c1-10-6-14(11(8-16)9-17)19-15-7-12(18(2)3)4-5-13(10)15/h4-7H,1-3H3. The van der Waals surface area contributed by atoms with Gasteiger partial charge < -0.3 is 9.64 Å². The predicted octanol–water partition coefficient (Wildman–Crippen LogP) is 2.85. The molecule has 2 rings (SSSR count). The van der Waals surface area contributed by atoms with Crippen LogP contribution in [-0.2, 0) is 0 Å². The van der Waals surface area contributed by atoms with Gasteiger partial charge in [-0.25, -0.2) is 0 Å². The van der Waals surface area contributed by atoms with Crippen LogP contribution in [0.3, 0.4) is 0 Å². The van der Waals surface area contributed by atoms with Crippen LogP contribution in [0, 0.1) is 22.7 Å². The smallest absolute Gasteiger partial charge is 0.172 e. The van der Waals surface area contributed by atoms with E-state index in [1.807, 2.05) is 56.3 Å². The Kier molecular flexibility index (Phi) is 3.27. The first-order valence-corrected chi connectivity index (χ1v) is 5.79. The molecular formula is C15H13N3O. The van der Waals surface area contributed by atoms with E-state index >= 15 is 0 Å². The van der Waals surface area contributed by atoms with Crippen LogP contribution in [0.4, 0.5) is 5.69 Å². The highest BCUT2D eigenvalue weighted by Gasteiger charge is 2.18. The topological polar surface area (TPSA) is 60.1 Å². The predicted molar refractivity (Wildman–Crippen MR) is 73.3 cm³/mol. The average Bonchev–Trinajstić information content (AvgIpc) is 2.39. The Morgan fingerprint density at radius 3 is 2.47 bits per heavy atom. The molecule has 4 nitrogen and oxygen atoms in total. The Morgan fingerprint density at radius 2 is 1.89 bits per heavy atom. The Balaban J connectivity index is 2.56. The van der Waals surface area contributed by atoms with Gasteiger partial charge in [0.25, 0.3) is 0 Å². The fourth-order valence-corrected chi connectivity index (χ4v) is 1.88. The number of benzene rings is 1. The van der Waals surface area contributed by atoms with Gasteiger partial charge in [0, 0.05) is 31.4 Å². The van der Waals surface area contributed by atoms with Crippen molar-refractivity contribution in [3.8, 4) is 17.9 Å². The summed E-state index contributed by atoms with van der Waals surface area (Å²) in [5.74, 6) is 0.982. The Hall–Kier alpha value is -2.72. The molecule has 1 heterocycles. The van der Waals surface area contributed by atoms with Gasteiger partial charge in [0.05, 0.1) is 0 Å². The summed E-state index contributed by atoms with van der Waals surface area (Å²) in [6.07, 6.45) is 1.72. The second-order valence-corrected chi connectivity index (χ2v) is 4.47. The molecule has 1 aromatic rings. The number of allylic oxidation sites excluding steroid dienone is 3. The van der Waals surface area contributed by atoms with Crippen LogP contribution in [0.2, 0.25) is 0 Å². The van der Waals surface area contributed by atoms with E-state index in [9.17, 15) is 0 Å². The van der Waals surface area contributed by atoms with Crippen molar-refractivity contribution in [2.45, 2.75) is 6.92 Å². The van der Waals surface area contributed by atoms with Crippen LogP contribution in [0.1, 0.15) is 12.5 Å². The molecule has 0 unspecified atom stereocenters. The minimum atomic E-state index is -0.0137. The molecule has 0 amide bonds. The minimum absolute atomic E-state index is 0.0137. The number of hydrogen-bond acceptors (Lipinski definition) is 4. The third kappa shape index (κ3) is 2.29. The van der Waals surface area contributed by atoms with Gasteiger partial charge >= 0.3 is 0 Å². The Bertz CT molecular complexity index is 654. The zero-order chi connectivity index (χ0) is 14.0. The van der Waals surface area contributed by atoms with Crippen LogP contribution in [0.25, 0.3) is 5.57 Å². The Morgan fingerprint density at radius 1 is 1.21 bits per heavy atom. The van der Waals surface area contributed by atoms with E-state index in [0.29, 0.717) is 11.5 Å². The van der Waals surface area contributed by atoms with Crippen LogP contribution in [0.15, 0.2) is 35.6 Å². The number of rotatable bonds is 1. The van der Waals surface area contributed by atoms with Crippen molar-refractivity contribution in [1.82, 2.24) is 0 Å². The number of hydrogen-bond donors (Lipinski definition) is 0. The van der Waals surface area contributed by atoms with Gasteiger partial charge in [0.2, 0.25) is 0 Å². The number of nitrogens with zero attached hydrogens (tertiary/aromatic N) is 3. The van der Waals surface area contributed by atoms with Gasteiger partial charge in [-0.3, -0.25) is 0 Å². The molecule has 4 heteroatoms. The van der Waals surface area contributed by atoms with Gasteiger partial charge in [0.1, 0.15) is 17.9 Å². The maximum atomic E-state index is 8.91. The first kappa shape index (κ1) is 12.7. The SMILES string of the molecule is CC1=CC(=C(C#N)C#N)Oc2cc(N(C)C)ccc21. The lowest BCUT2D eigenvalue weighted by molar-refractivity contribution is 0.436. The molecule has 0 saturated carbocycles. The molecule has 0 spiro atoms. The van der Waals surface area contributed by atoms with E-state index in [1.54, 1.807) is 6.08 Å². The summed E-state index contributed by atoms with van der Waals surface area (Å²) in [4.78, 5) is 1.97. The molecule has 0 N–H and O–H groups in total. The number of nitriles is 2. The molecule has 0 radical (unpaired) electrons. The molecule has 19 heavy (non-hydrogen) atoms. The maximum Gasteiger partial charge on any atom is 0.172 e. The van der Waals surface area contributed by atoms with E-state index in [2.05, 4.69) is 0 Å². The van der Waals surface area contributed by atoms with Gasteiger partial charge in [-0.15, -0.1) is 0 Å². The van der Waals surface area contributed by atoms with E-state index in [-0.39, 0.29) is 5.57 Å². The van der Waals surface area contributed by atoms with Crippen molar-refractivity contribution < 1.29 is 4.74 Å². The average molecular weight is 251 g/mol. The van der Waals surface area contributed by atoms with Crippen LogP contribution in [-0.4, -0.2) is 14.1 Å². The van der Waals surface area contributed by atoms with Crippen LogP contribution >= 0.6 is 0 Å². The molecule has 1 aromatic carbocycles. The molecule has 0 atom stereocenters. The normalized spacial score (nSPS) is 12.5. The summed E-state index contributed by atoms with van der Waals surface area (Å²) in [6, 6.07) is 9.58. The van der Waals surface area contributed by atoms with Crippen molar-refractivity contribution in [1.29, 1.82) is 10.5 Å². The van der Waals surface area contributed by atoms with E-state index < -0.39 is 0 Å². The second kappa shape index (κ2) is 4.88. The molecule has 0 aliphatic carbocycles. The lowest BCUT2D eigenvalue weighted by Gasteiger charge is -2.21. The first-order valence-electron chi connectivity index (χ1n) is 5.79. The zero-order valence-corrected chi connectivity index (χ0v) is 11.1. The quantitative estimate of drug-likeness (QED) is 0.720. The van der Waals surface area contributed by atoms with E-state index in [4.69, 9.17) is 15.3 Å². The lowest BCUT2D eigenvalue weighted by Crippen LogP contribution is -2.10. The summed E-state index contributed by atoms with van der Waals surface area (Å²) in [6.45, 7) is 1.93. The molecule has 0 bridgehead atoms. The van der Waals surface area contributed by atoms with Crippen molar-refractivity contribution in [2.24, 2.45) is 0 Å². The minimum Gasteiger partial charge on any atom is -0.454 e. The van der Waals surface area contributed by atoms with E-state index in [0.717, 1.165) is 16.8 Å². The summed E-state index contributed by atoms with van der Waals surface area (Å²) in [5.41, 5.74) is 2.94. The highest BCUT2D eigenvalue weighted by molar-refractivity contribution is 5.76. The van der Waals surface area contributed by atoms with Gasteiger partial charge in [-0.1, -0.05) is 0 Å². The first-order chi connectivity index (χ1) is 9.06. The summed E-state index contributed by atoms with van der Waals surface area (Å²) >= 11 is 0. The fourth-order valence-electron chi connectivity index (χ4n) is 1.88. The molecule has 0 saturated heterocycles. The third-order valence-corrected chi connectivity index (χ3v) is 2.94. The molecule has 0 aromatic heterocycles. The monoisotopic (exact) mass is 251 g/mol. The van der Waals surface area contributed by atoms with Gasteiger partial charge in [-0.2, -0.15) is 10.5 Å². The molecular weight excluding hydrogens is 238 g/mol. The summed E-state index contributed by atoms with van der Waals surface area (Å²) in [5, 5.41) is 17.8. The van der Waals surface area contributed by atoms with Crippen LogP contribution < -0.4 is 9.64 Å². The Labute approximate surface area is 112 Å². The zero-order valence-electron chi connectivity index (χ0n) is 11.1.